The van der Waals surface area contributed by atoms with E-state index in [-0.39, 0.29) is 42.8 Å². The molecule has 3 aliphatic carbocycles. The van der Waals surface area contributed by atoms with Crippen molar-refractivity contribution in [3.8, 4) is 17.2 Å². The zero-order valence-corrected chi connectivity index (χ0v) is 29.9. The van der Waals surface area contributed by atoms with Crippen LogP contribution in [0.2, 0.25) is 0 Å². The molecule has 0 saturated heterocycles. The molecular weight excluding hydrogens is 659 g/mol. The average molecular weight is 707 g/mol. The van der Waals surface area contributed by atoms with Crippen molar-refractivity contribution in [3.05, 3.63) is 113 Å². The molecule has 2 aromatic carbocycles. The summed E-state index contributed by atoms with van der Waals surface area (Å²) in [7, 11) is 1.61. The van der Waals surface area contributed by atoms with E-state index in [1.807, 2.05) is 37.3 Å². The fraction of sp³-hybridized carbons (Fsp3) is 0.429. The summed E-state index contributed by atoms with van der Waals surface area (Å²) in [4.78, 5) is 34.7. The summed E-state index contributed by atoms with van der Waals surface area (Å²) < 4.78 is 31.8. The number of hydrogen-bond donors (Lipinski definition) is 2. The molecule has 7 rings (SSSR count). The maximum atomic E-state index is 14.8. The second-order valence-electron chi connectivity index (χ2n) is 14.6. The zero-order valence-electron chi connectivity index (χ0n) is 29.9. The molecule has 0 radical (unpaired) electrons. The standard InChI is InChI=1S/C42H47FN4O5/c1-26(46-41(48)31-14-16-35(44-22-31)24-51-38-5-3-4-37(21-38)50-2)27-6-8-28(9-7-27)33-18-34(43)20-39(19-33)52-25-36-17-15-32(23-45-36)42(49)47-40(29-10-11-29)30-12-13-30/h3-5,14-23,26-30,40H,6-13,24-25H2,1-2H3,(H,46,48)(H,47,49). The first-order valence-corrected chi connectivity index (χ1v) is 18.5. The van der Waals surface area contributed by atoms with Crippen molar-refractivity contribution < 1.29 is 28.2 Å². The van der Waals surface area contributed by atoms with E-state index in [1.165, 1.54) is 31.7 Å². The number of nitrogens with one attached hydrogen (secondary N) is 2. The number of aromatic nitrogens is 2. The molecule has 2 heterocycles. The number of halogens is 1. The average Bonchev–Trinajstić information content (AvgIpc) is 4.11. The number of carbonyl (C=O) groups is 2. The molecule has 4 aromatic rings. The highest BCUT2D eigenvalue weighted by Gasteiger charge is 2.42. The third-order valence-electron chi connectivity index (χ3n) is 10.7. The molecule has 0 spiro atoms. The van der Waals surface area contributed by atoms with Crippen LogP contribution >= 0.6 is 0 Å². The highest BCUT2D eigenvalue weighted by atomic mass is 19.1. The van der Waals surface area contributed by atoms with Crippen LogP contribution in [0.4, 0.5) is 4.39 Å². The first-order valence-electron chi connectivity index (χ1n) is 18.5. The summed E-state index contributed by atoms with van der Waals surface area (Å²) in [5.41, 5.74) is 3.36. The molecule has 3 aliphatic rings. The van der Waals surface area contributed by atoms with E-state index in [0.29, 0.717) is 63.6 Å². The quantitative estimate of drug-likeness (QED) is 0.130. The van der Waals surface area contributed by atoms with Gasteiger partial charge in [-0.05, 0) is 136 Å². The molecule has 3 saturated carbocycles. The molecule has 0 aliphatic heterocycles. The van der Waals surface area contributed by atoms with Gasteiger partial charge >= 0.3 is 0 Å². The van der Waals surface area contributed by atoms with Gasteiger partial charge in [-0.25, -0.2) is 4.39 Å². The van der Waals surface area contributed by atoms with Gasteiger partial charge in [-0.3, -0.25) is 19.6 Å². The molecule has 52 heavy (non-hydrogen) atoms. The smallest absolute Gasteiger partial charge is 0.253 e. The van der Waals surface area contributed by atoms with Crippen LogP contribution in [0.25, 0.3) is 0 Å². The van der Waals surface area contributed by atoms with Gasteiger partial charge < -0.3 is 24.8 Å². The Morgan fingerprint density at radius 1 is 0.712 bits per heavy atom. The normalized spacial score (nSPS) is 19.1. The van der Waals surface area contributed by atoms with Gasteiger partial charge in [-0.1, -0.05) is 6.07 Å². The summed E-state index contributed by atoms with van der Waals surface area (Å²) in [5.74, 6) is 3.09. The fourth-order valence-electron chi connectivity index (χ4n) is 7.32. The van der Waals surface area contributed by atoms with Crippen LogP contribution in [0.1, 0.15) is 102 Å². The topological polar surface area (TPSA) is 112 Å². The van der Waals surface area contributed by atoms with Crippen LogP contribution in [-0.4, -0.2) is 41.0 Å². The molecule has 1 unspecified atom stereocenters. The second kappa shape index (κ2) is 16.1. The predicted octanol–water partition coefficient (Wildman–Crippen LogP) is 7.79. The van der Waals surface area contributed by atoms with Gasteiger partial charge in [0.1, 0.15) is 36.3 Å². The van der Waals surface area contributed by atoms with Gasteiger partial charge in [0.05, 0.1) is 29.6 Å². The Bertz CT molecular complexity index is 1820. The molecule has 3 fully saturated rings. The zero-order chi connectivity index (χ0) is 36.0. The number of amides is 2. The van der Waals surface area contributed by atoms with E-state index >= 15 is 0 Å². The van der Waals surface area contributed by atoms with Crippen molar-refractivity contribution in [2.45, 2.75) is 89.5 Å². The van der Waals surface area contributed by atoms with E-state index in [2.05, 4.69) is 20.6 Å². The summed E-state index contributed by atoms with van der Waals surface area (Å²) in [6, 6.07) is 19.7. The summed E-state index contributed by atoms with van der Waals surface area (Å²) in [6.07, 6.45) is 11.6. The van der Waals surface area contributed by atoms with Gasteiger partial charge in [0.2, 0.25) is 0 Å². The van der Waals surface area contributed by atoms with Gasteiger partial charge in [0, 0.05) is 36.6 Å². The van der Waals surface area contributed by atoms with Gasteiger partial charge in [0.25, 0.3) is 11.8 Å². The SMILES string of the molecule is COc1cccc(OCc2ccc(C(=O)NC(C)C3CCC(c4cc(F)cc(OCc5ccc(C(=O)NC(C6CC6)C6CC6)cn5)c4)CC3)cn2)c1. The molecule has 2 N–H and O–H groups in total. The van der Waals surface area contributed by atoms with Crippen molar-refractivity contribution in [1.29, 1.82) is 0 Å². The predicted molar refractivity (Wildman–Crippen MR) is 195 cm³/mol. The van der Waals surface area contributed by atoms with Crippen molar-refractivity contribution in [2.24, 2.45) is 17.8 Å². The van der Waals surface area contributed by atoms with Gasteiger partial charge in [-0.2, -0.15) is 0 Å². The fourth-order valence-corrected chi connectivity index (χ4v) is 7.32. The summed E-state index contributed by atoms with van der Waals surface area (Å²) in [5, 5.41) is 6.39. The molecule has 9 nitrogen and oxygen atoms in total. The molecule has 10 heteroatoms. The maximum Gasteiger partial charge on any atom is 0.253 e. The van der Waals surface area contributed by atoms with Crippen molar-refractivity contribution in [2.75, 3.05) is 7.11 Å². The van der Waals surface area contributed by atoms with E-state index < -0.39 is 0 Å². The van der Waals surface area contributed by atoms with Crippen LogP contribution in [-0.2, 0) is 13.2 Å². The highest BCUT2D eigenvalue weighted by molar-refractivity contribution is 5.94. The lowest BCUT2D eigenvalue weighted by atomic mass is 9.76. The lowest BCUT2D eigenvalue weighted by molar-refractivity contribution is 0.0912. The summed E-state index contributed by atoms with van der Waals surface area (Å²) in [6.45, 7) is 2.50. The van der Waals surface area contributed by atoms with E-state index in [0.717, 1.165) is 31.2 Å². The number of nitrogens with zero attached hydrogens (tertiary/aromatic N) is 2. The molecule has 272 valence electrons. The Hall–Kier alpha value is -4.99. The van der Waals surface area contributed by atoms with Crippen LogP contribution in [0, 0.1) is 23.6 Å². The highest BCUT2D eigenvalue weighted by Crippen LogP contribution is 2.44. The largest absolute Gasteiger partial charge is 0.497 e. The van der Waals surface area contributed by atoms with E-state index in [4.69, 9.17) is 14.2 Å². The first-order chi connectivity index (χ1) is 25.3. The Balaban J connectivity index is 0.857. The van der Waals surface area contributed by atoms with Crippen molar-refractivity contribution in [3.63, 3.8) is 0 Å². The minimum Gasteiger partial charge on any atom is -0.497 e. The Kier molecular flexibility index (Phi) is 11.0. The Morgan fingerprint density at radius 3 is 1.87 bits per heavy atom. The second-order valence-corrected chi connectivity index (χ2v) is 14.6. The lowest BCUT2D eigenvalue weighted by Gasteiger charge is -2.33. The monoisotopic (exact) mass is 706 g/mol. The minimum atomic E-state index is -0.331. The van der Waals surface area contributed by atoms with E-state index in [9.17, 15) is 14.0 Å². The number of rotatable bonds is 15. The van der Waals surface area contributed by atoms with Crippen LogP contribution in [0.3, 0.4) is 0 Å². The minimum absolute atomic E-state index is 0.0151. The number of hydrogen-bond acceptors (Lipinski definition) is 7. The molecular formula is C42H47FN4O5. The first kappa shape index (κ1) is 35.4. The van der Waals surface area contributed by atoms with Crippen molar-refractivity contribution >= 4 is 11.8 Å². The van der Waals surface area contributed by atoms with Crippen molar-refractivity contribution in [1.82, 2.24) is 20.6 Å². The van der Waals surface area contributed by atoms with Gasteiger partial charge in [0.15, 0.2) is 0 Å². The number of carbonyl (C=O) groups excluding carboxylic acids is 2. The number of ether oxygens (including phenoxy) is 3. The lowest BCUT2D eigenvalue weighted by Crippen LogP contribution is -2.39. The van der Waals surface area contributed by atoms with Crippen LogP contribution < -0.4 is 24.8 Å². The molecule has 2 amide bonds. The third kappa shape index (κ3) is 9.26. The Labute approximate surface area is 304 Å². The molecule has 0 bridgehead atoms. The number of methoxy groups -OCH3 is 1. The number of benzene rings is 2. The van der Waals surface area contributed by atoms with Crippen LogP contribution in [0.5, 0.6) is 17.2 Å². The van der Waals surface area contributed by atoms with Gasteiger partial charge in [-0.15, -0.1) is 0 Å². The molecule has 2 aromatic heterocycles. The maximum absolute atomic E-state index is 14.8. The number of pyridine rings is 2. The Morgan fingerprint density at radius 2 is 1.29 bits per heavy atom. The van der Waals surface area contributed by atoms with Crippen LogP contribution in [0.15, 0.2) is 79.1 Å². The molecule has 1 atom stereocenters. The third-order valence-corrected chi connectivity index (χ3v) is 10.7. The van der Waals surface area contributed by atoms with E-state index in [1.54, 1.807) is 49.8 Å². The summed E-state index contributed by atoms with van der Waals surface area (Å²) >= 11 is 0.